The summed E-state index contributed by atoms with van der Waals surface area (Å²) in [6.07, 6.45) is 1.84. The van der Waals surface area contributed by atoms with Gasteiger partial charge in [0.15, 0.2) is 0 Å². The van der Waals surface area contributed by atoms with Gasteiger partial charge in [0.2, 0.25) is 0 Å². The Hall–Kier alpha value is -0.730. The Kier molecular flexibility index (Phi) is 4.20. The van der Waals surface area contributed by atoms with Crippen molar-refractivity contribution in [1.29, 1.82) is 0 Å². The molecule has 110 valence electrons. The predicted molar refractivity (Wildman–Crippen MR) is 92.6 cm³/mol. The van der Waals surface area contributed by atoms with Gasteiger partial charge in [-0.15, -0.1) is 22.9 Å². The van der Waals surface area contributed by atoms with Crippen LogP contribution in [0.5, 0.6) is 0 Å². The van der Waals surface area contributed by atoms with E-state index in [4.69, 9.17) is 11.6 Å². The van der Waals surface area contributed by atoms with Crippen molar-refractivity contribution in [3.63, 3.8) is 0 Å². The highest BCUT2D eigenvalue weighted by atomic mass is 127. The van der Waals surface area contributed by atoms with Crippen LogP contribution in [0.4, 0.5) is 4.39 Å². The summed E-state index contributed by atoms with van der Waals surface area (Å²) in [6, 6.07) is 3.27. The van der Waals surface area contributed by atoms with Crippen LogP contribution < -0.4 is 0 Å². The van der Waals surface area contributed by atoms with Crippen molar-refractivity contribution in [2.75, 3.05) is 0 Å². The van der Waals surface area contributed by atoms with Crippen molar-refractivity contribution in [2.45, 2.75) is 25.8 Å². The number of imidazole rings is 1. The van der Waals surface area contributed by atoms with E-state index in [0.717, 1.165) is 26.7 Å². The number of fused-ring (bicyclic) bond motifs is 1. The summed E-state index contributed by atoms with van der Waals surface area (Å²) >= 11 is 9.83. The minimum absolute atomic E-state index is 0.242. The second-order valence-corrected chi connectivity index (χ2v) is 7.93. The van der Waals surface area contributed by atoms with Crippen LogP contribution in [0.2, 0.25) is 0 Å². The zero-order valence-corrected chi connectivity index (χ0v) is 15.1. The molecule has 3 aromatic rings. The highest BCUT2D eigenvalue weighted by Gasteiger charge is 2.17. The summed E-state index contributed by atoms with van der Waals surface area (Å²) in [4.78, 5) is 10.1. The third-order valence-corrected chi connectivity index (χ3v) is 5.06. The molecule has 0 bridgehead atoms. The lowest BCUT2D eigenvalue weighted by Crippen LogP contribution is -2.05. The lowest BCUT2D eigenvalue weighted by molar-refractivity contribution is 0.620. The van der Waals surface area contributed by atoms with Gasteiger partial charge in [0.05, 0.1) is 26.5 Å². The fourth-order valence-corrected chi connectivity index (χ4v) is 3.61. The Balaban J connectivity index is 2.17. The first-order valence-corrected chi connectivity index (χ1v) is 8.69. The zero-order chi connectivity index (χ0) is 15.1. The first-order valence-electron chi connectivity index (χ1n) is 6.36. The number of alkyl halides is 1. The molecule has 0 aliphatic heterocycles. The molecular weight excluding hydrogens is 424 g/mol. The number of hydrogen-bond donors (Lipinski definition) is 0. The van der Waals surface area contributed by atoms with Crippen LogP contribution in [0.15, 0.2) is 18.3 Å². The second-order valence-electron chi connectivity index (χ2n) is 4.79. The summed E-state index contributed by atoms with van der Waals surface area (Å²) in [6.45, 7) is 4.44. The van der Waals surface area contributed by atoms with Gasteiger partial charge in [-0.3, -0.25) is 0 Å². The smallest absolute Gasteiger partial charge is 0.138 e. The molecule has 7 heteroatoms. The molecule has 21 heavy (non-hydrogen) atoms. The average Bonchev–Trinajstić information content (AvgIpc) is 2.96. The maximum atomic E-state index is 13.9. The maximum absolute atomic E-state index is 13.9. The third-order valence-electron chi connectivity index (χ3n) is 3.14. The van der Waals surface area contributed by atoms with Crippen LogP contribution in [-0.4, -0.2) is 14.5 Å². The number of hydrogen-bond acceptors (Lipinski definition) is 3. The average molecular weight is 436 g/mol. The van der Waals surface area contributed by atoms with Crippen LogP contribution in [0.25, 0.3) is 11.0 Å². The van der Waals surface area contributed by atoms with Gasteiger partial charge in [0.25, 0.3) is 0 Å². The van der Waals surface area contributed by atoms with Crippen molar-refractivity contribution in [1.82, 2.24) is 14.5 Å². The molecule has 1 unspecified atom stereocenters. The molecule has 0 spiro atoms. The van der Waals surface area contributed by atoms with E-state index in [1.165, 1.54) is 6.07 Å². The Morgan fingerprint density at radius 2 is 2.24 bits per heavy atom. The first kappa shape index (κ1) is 15.2. The summed E-state index contributed by atoms with van der Waals surface area (Å²) < 4.78 is 16.4. The Morgan fingerprint density at radius 1 is 1.48 bits per heavy atom. The van der Waals surface area contributed by atoms with Gasteiger partial charge >= 0.3 is 0 Å². The van der Waals surface area contributed by atoms with E-state index in [9.17, 15) is 4.39 Å². The van der Waals surface area contributed by atoms with E-state index < -0.39 is 0 Å². The molecule has 0 saturated heterocycles. The van der Waals surface area contributed by atoms with E-state index in [2.05, 4.69) is 9.97 Å². The summed E-state index contributed by atoms with van der Waals surface area (Å²) in [5.74, 6) is 0.495. The van der Waals surface area contributed by atoms with Gasteiger partial charge in [-0.1, -0.05) is 0 Å². The van der Waals surface area contributed by atoms with Crippen LogP contribution in [0, 0.1) is 16.3 Å². The fourth-order valence-electron chi connectivity index (χ4n) is 2.22. The SMILES string of the molecule is Cc1cnc(Cn2c(C(C)Cl)nc3cc(I)c(F)cc32)s1. The molecule has 0 aliphatic rings. The minimum atomic E-state index is -0.251. The molecule has 3 nitrogen and oxygen atoms in total. The van der Waals surface area contributed by atoms with Crippen molar-refractivity contribution in [2.24, 2.45) is 0 Å². The molecule has 0 N–H and O–H groups in total. The van der Waals surface area contributed by atoms with E-state index >= 15 is 0 Å². The predicted octanol–water partition coefficient (Wildman–Crippen LogP) is 4.89. The standard InChI is InChI=1S/C14H12ClFIN3S/c1-7-5-18-13(21-7)6-20-12-3-9(16)10(17)4-11(12)19-14(20)8(2)15/h3-5,8H,6H2,1-2H3. The number of thiazole rings is 1. The highest BCUT2D eigenvalue weighted by Crippen LogP contribution is 2.28. The summed E-state index contributed by atoms with van der Waals surface area (Å²) in [5.41, 5.74) is 1.51. The minimum Gasteiger partial charge on any atom is -0.320 e. The first-order chi connectivity index (χ1) is 9.95. The molecule has 0 amide bonds. The largest absolute Gasteiger partial charge is 0.320 e. The zero-order valence-electron chi connectivity index (χ0n) is 11.4. The number of rotatable bonds is 3. The molecule has 0 aliphatic carbocycles. The number of nitrogens with zero attached hydrogens (tertiary/aromatic N) is 3. The van der Waals surface area contributed by atoms with Gasteiger partial charge in [-0.05, 0) is 42.5 Å². The molecule has 2 aromatic heterocycles. The van der Waals surface area contributed by atoms with Crippen molar-refractivity contribution < 1.29 is 4.39 Å². The molecule has 0 fully saturated rings. The van der Waals surface area contributed by atoms with Crippen molar-refractivity contribution in [3.05, 3.63) is 43.4 Å². The summed E-state index contributed by atoms with van der Waals surface area (Å²) in [5, 5.41) is 0.712. The second kappa shape index (κ2) is 5.81. The number of halogens is 3. The van der Waals surface area contributed by atoms with E-state index in [-0.39, 0.29) is 11.2 Å². The van der Waals surface area contributed by atoms with Crippen molar-refractivity contribution >= 4 is 56.6 Å². The lowest BCUT2D eigenvalue weighted by atomic mass is 10.3. The van der Waals surface area contributed by atoms with E-state index in [1.54, 1.807) is 17.4 Å². The van der Waals surface area contributed by atoms with Gasteiger partial charge in [0, 0.05) is 17.1 Å². The molecule has 3 rings (SSSR count). The van der Waals surface area contributed by atoms with Gasteiger partial charge in [-0.25, -0.2) is 14.4 Å². The van der Waals surface area contributed by atoms with Crippen LogP contribution in [0.3, 0.4) is 0 Å². The third kappa shape index (κ3) is 2.93. The van der Waals surface area contributed by atoms with Crippen LogP contribution >= 0.6 is 45.5 Å². The topological polar surface area (TPSA) is 30.7 Å². The van der Waals surface area contributed by atoms with Crippen LogP contribution in [-0.2, 0) is 6.54 Å². The van der Waals surface area contributed by atoms with Crippen LogP contribution in [0.1, 0.15) is 28.0 Å². The van der Waals surface area contributed by atoms with Gasteiger partial charge in [0.1, 0.15) is 16.6 Å². The molecule has 0 radical (unpaired) electrons. The molecule has 1 atom stereocenters. The Bertz CT molecular complexity index is 812. The highest BCUT2D eigenvalue weighted by molar-refractivity contribution is 14.1. The number of benzene rings is 1. The van der Waals surface area contributed by atoms with E-state index in [1.807, 2.05) is 47.2 Å². The normalized spacial score (nSPS) is 13.0. The molecule has 1 aromatic carbocycles. The summed E-state index contributed by atoms with van der Waals surface area (Å²) in [7, 11) is 0. The Morgan fingerprint density at radius 3 is 2.86 bits per heavy atom. The molecule has 0 saturated carbocycles. The van der Waals surface area contributed by atoms with Crippen molar-refractivity contribution in [3.8, 4) is 0 Å². The lowest BCUT2D eigenvalue weighted by Gasteiger charge is -2.08. The van der Waals surface area contributed by atoms with Gasteiger partial charge in [-0.2, -0.15) is 0 Å². The quantitative estimate of drug-likeness (QED) is 0.433. The Labute approximate surface area is 144 Å². The molecule has 2 heterocycles. The monoisotopic (exact) mass is 435 g/mol. The number of aryl methyl sites for hydroxylation is 1. The number of aromatic nitrogens is 3. The van der Waals surface area contributed by atoms with Gasteiger partial charge < -0.3 is 4.57 Å². The molecular formula is C14H12ClFIN3S. The maximum Gasteiger partial charge on any atom is 0.138 e. The van der Waals surface area contributed by atoms with E-state index in [0.29, 0.717) is 10.1 Å². The fraction of sp³-hybridized carbons (Fsp3) is 0.286.